The van der Waals surface area contributed by atoms with Crippen molar-refractivity contribution >= 4 is 16.7 Å². The monoisotopic (exact) mass is 498 g/mol. The molecule has 0 aliphatic heterocycles. The molecular weight excluding hydrogens is 475 g/mol. The van der Waals surface area contributed by atoms with Crippen molar-refractivity contribution in [2.24, 2.45) is 0 Å². The largest absolute Gasteiger partial charge is 0.484 e. The molecule has 0 amide bonds. The lowest BCUT2D eigenvalue weighted by molar-refractivity contribution is 0.0647. The van der Waals surface area contributed by atoms with Gasteiger partial charge in [0.15, 0.2) is 0 Å². The Hall–Kier alpha value is -3.28. The SMILES string of the molecule is Cc1nc(N[C@H](C)c2cccc(C(F)F)c2F)c2cn(C3(C(F)F)CC3)c(=O)c(OCCO)c2n1. The highest BCUT2D eigenvalue weighted by Gasteiger charge is 2.54. The van der Waals surface area contributed by atoms with Gasteiger partial charge in [-0.05, 0) is 26.7 Å². The maximum absolute atomic E-state index is 14.7. The average molecular weight is 498 g/mol. The fraction of sp³-hybridized carbons (Fsp3) is 0.435. The standard InChI is InChI=1S/C23H23F5N4O3/c1-11(13-4-3-5-14(16(13)24)19(25)26)29-20-15-10-32(23(6-7-23)22(27)28)21(34)18(35-9-8-33)17(15)30-12(2)31-20/h3-5,10-11,19,22,33H,6-9H2,1-2H3,(H,29,30,31)/t11-/m1/s1. The molecule has 2 N–H and O–H groups in total. The second kappa shape index (κ2) is 9.40. The van der Waals surface area contributed by atoms with Gasteiger partial charge in [0.2, 0.25) is 5.75 Å². The van der Waals surface area contributed by atoms with Crippen LogP contribution in [-0.4, -0.2) is 39.3 Å². The molecule has 188 valence electrons. The summed E-state index contributed by atoms with van der Waals surface area (Å²) in [6.07, 6.45) is -4.46. The Morgan fingerprint density at radius 2 is 1.89 bits per heavy atom. The van der Waals surface area contributed by atoms with Crippen LogP contribution < -0.4 is 15.6 Å². The number of aryl methyl sites for hydroxylation is 1. The zero-order valence-corrected chi connectivity index (χ0v) is 18.9. The van der Waals surface area contributed by atoms with Gasteiger partial charge in [0, 0.05) is 11.8 Å². The normalized spacial score (nSPS) is 15.6. The molecule has 0 radical (unpaired) electrons. The topological polar surface area (TPSA) is 89.3 Å². The lowest BCUT2D eigenvalue weighted by Gasteiger charge is -2.22. The molecule has 1 saturated carbocycles. The van der Waals surface area contributed by atoms with Crippen molar-refractivity contribution in [3.63, 3.8) is 0 Å². The van der Waals surface area contributed by atoms with Crippen LogP contribution in [0.15, 0.2) is 29.2 Å². The quantitative estimate of drug-likeness (QED) is 0.423. The number of aliphatic hydroxyl groups excluding tert-OH is 1. The number of aromatic nitrogens is 3. The van der Waals surface area contributed by atoms with Crippen LogP contribution in [-0.2, 0) is 5.54 Å². The van der Waals surface area contributed by atoms with E-state index in [1.54, 1.807) is 0 Å². The molecule has 7 nitrogen and oxygen atoms in total. The van der Waals surface area contributed by atoms with Crippen molar-refractivity contribution in [2.45, 2.75) is 51.1 Å². The molecule has 0 bridgehead atoms. The summed E-state index contributed by atoms with van der Waals surface area (Å²) in [6, 6.07) is 2.78. The van der Waals surface area contributed by atoms with E-state index < -0.39 is 48.0 Å². The van der Waals surface area contributed by atoms with E-state index in [1.165, 1.54) is 32.2 Å². The van der Waals surface area contributed by atoms with Crippen LogP contribution >= 0.6 is 0 Å². The van der Waals surface area contributed by atoms with Crippen LogP contribution in [0.2, 0.25) is 0 Å². The van der Waals surface area contributed by atoms with Crippen molar-refractivity contribution < 1.29 is 31.8 Å². The number of hydrogen-bond donors (Lipinski definition) is 2. The van der Waals surface area contributed by atoms with E-state index in [2.05, 4.69) is 15.3 Å². The van der Waals surface area contributed by atoms with Crippen LogP contribution in [0.4, 0.5) is 27.8 Å². The first-order valence-corrected chi connectivity index (χ1v) is 10.9. The highest BCUT2D eigenvalue weighted by atomic mass is 19.3. The number of benzene rings is 1. The van der Waals surface area contributed by atoms with Gasteiger partial charge in [-0.25, -0.2) is 31.9 Å². The number of hydrogen-bond acceptors (Lipinski definition) is 6. The number of nitrogens with one attached hydrogen (secondary N) is 1. The Kier molecular flexibility index (Phi) is 6.67. The van der Waals surface area contributed by atoms with Crippen LogP contribution in [0.25, 0.3) is 10.9 Å². The van der Waals surface area contributed by atoms with E-state index >= 15 is 0 Å². The summed E-state index contributed by atoms with van der Waals surface area (Å²) in [5.41, 5.74) is -3.30. The number of nitrogens with zero attached hydrogens (tertiary/aromatic N) is 3. The number of ether oxygens (including phenoxy) is 1. The number of aliphatic hydroxyl groups is 1. The van der Waals surface area contributed by atoms with E-state index in [0.717, 1.165) is 10.6 Å². The van der Waals surface area contributed by atoms with Crippen LogP contribution in [0, 0.1) is 12.7 Å². The number of anilines is 1. The second-order valence-corrected chi connectivity index (χ2v) is 8.41. The Bertz CT molecular complexity index is 1310. The molecular formula is C23H23F5N4O3. The molecule has 1 aliphatic rings. The number of fused-ring (bicyclic) bond motifs is 1. The molecule has 12 heteroatoms. The molecule has 3 aromatic rings. The number of rotatable bonds is 9. The zero-order chi connectivity index (χ0) is 25.5. The maximum atomic E-state index is 14.7. The predicted octanol–water partition coefficient (Wildman–Crippen LogP) is 4.48. The summed E-state index contributed by atoms with van der Waals surface area (Å²) in [6.45, 7) is 2.35. The summed E-state index contributed by atoms with van der Waals surface area (Å²) >= 11 is 0. The Morgan fingerprint density at radius 3 is 2.49 bits per heavy atom. The summed E-state index contributed by atoms with van der Waals surface area (Å²) in [7, 11) is 0. The first-order chi connectivity index (χ1) is 16.6. The van der Waals surface area contributed by atoms with Crippen molar-refractivity contribution in [3.8, 4) is 5.75 Å². The third-order valence-corrected chi connectivity index (χ3v) is 6.04. The molecule has 1 aliphatic carbocycles. The molecule has 0 unspecified atom stereocenters. The minimum Gasteiger partial charge on any atom is -0.484 e. The Balaban J connectivity index is 1.87. The van der Waals surface area contributed by atoms with Gasteiger partial charge in [-0.2, -0.15) is 0 Å². The highest BCUT2D eigenvalue weighted by molar-refractivity contribution is 5.92. The minimum absolute atomic E-state index is 0.0220. The van der Waals surface area contributed by atoms with Gasteiger partial charge in [-0.3, -0.25) is 9.36 Å². The third-order valence-electron chi connectivity index (χ3n) is 6.04. The van der Waals surface area contributed by atoms with Crippen molar-refractivity contribution in [2.75, 3.05) is 18.5 Å². The van der Waals surface area contributed by atoms with Gasteiger partial charge in [0.05, 0.1) is 23.6 Å². The third kappa shape index (κ3) is 4.42. The van der Waals surface area contributed by atoms with Crippen LogP contribution in [0.5, 0.6) is 5.75 Å². The molecule has 1 fully saturated rings. The molecule has 2 heterocycles. The number of pyridine rings is 1. The summed E-state index contributed by atoms with van der Waals surface area (Å²) in [4.78, 5) is 21.6. The molecule has 0 saturated heterocycles. The number of alkyl halides is 4. The fourth-order valence-electron chi connectivity index (χ4n) is 4.04. The lowest BCUT2D eigenvalue weighted by Crippen LogP contribution is -2.36. The van der Waals surface area contributed by atoms with E-state index in [0.29, 0.717) is 0 Å². The first-order valence-electron chi connectivity index (χ1n) is 10.9. The highest BCUT2D eigenvalue weighted by Crippen LogP contribution is 2.48. The smallest absolute Gasteiger partial charge is 0.295 e. The average Bonchev–Trinajstić information content (AvgIpc) is 3.60. The van der Waals surface area contributed by atoms with Crippen LogP contribution in [0.3, 0.4) is 0 Å². The van der Waals surface area contributed by atoms with Crippen molar-refractivity contribution in [3.05, 3.63) is 57.5 Å². The van der Waals surface area contributed by atoms with Gasteiger partial charge in [-0.1, -0.05) is 18.2 Å². The maximum Gasteiger partial charge on any atom is 0.295 e. The summed E-state index contributed by atoms with van der Waals surface area (Å²) in [5.74, 6) is -1.13. The van der Waals surface area contributed by atoms with Gasteiger partial charge in [-0.15, -0.1) is 0 Å². The van der Waals surface area contributed by atoms with Crippen molar-refractivity contribution in [1.29, 1.82) is 0 Å². The zero-order valence-electron chi connectivity index (χ0n) is 18.9. The molecule has 1 atom stereocenters. The van der Waals surface area contributed by atoms with E-state index in [-0.39, 0.29) is 53.3 Å². The van der Waals surface area contributed by atoms with E-state index in [4.69, 9.17) is 4.74 Å². The van der Waals surface area contributed by atoms with E-state index in [1.807, 2.05) is 0 Å². The van der Waals surface area contributed by atoms with Gasteiger partial charge in [0.1, 0.15) is 35.1 Å². The van der Waals surface area contributed by atoms with Crippen molar-refractivity contribution in [1.82, 2.24) is 14.5 Å². The van der Waals surface area contributed by atoms with E-state index in [9.17, 15) is 31.9 Å². The van der Waals surface area contributed by atoms with Crippen LogP contribution in [0.1, 0.15) is 49.2 Å². The Morgan fingerprint density at radius 1 is 1.20 bits per heavy atom. The predicted molar refractivity (Wildman–Crippen MR) is 118 cm³/mol. The molecule has 1 aromatic carbocycles. The lowest BCUT2D eigenvalue weighted by atomic mass is 10.0. The van der Waals surface area contributed by atoms with Gasteiger partial charge < -0.3 is 15.2 Å². The number of halogens is 5. The molecule has 0 spiro atoms. The Labute approximate surface area is 196 Å². The molecule has 4 rings (SSSR count). The van der Waals surface area contributed by atoms with Gasteiger partial charge >= 0.3 is 0 Å². The summed E-state index contributed by atoms with van der Waals surface area (Å²) in [5, 5.41) is 12.3. The van der Waals surface area contributed by atoms with Gasteiger partial charge in [0.25, 0.3) is 18.4 Å². The second-order valence-electron chi connectivity index (χ2n) is 8.41. The molecule has 35 heavy (non-hydrogen) atoms. The first kappa shape index (κ1) is 24.8. The summed E-state index contributed by atoms with van der Waals surface area (Å²) < 4.78 is 75.1. The fourth-order valence-corrected chi connectivity index (χ4v) is 4.04. The molecule has 2 aromatic heterocycles. The minimum atomic E-state index is -3.01.